The number of hydrogen-bond acceptors (Lipinski definition) is 4. The number of ether oxygens (including phenoxy) is 1. The summed E-state index contributed by atoms with van der Waals surface area (Å²) in [5.41, 5.74) is -3.37. The summed E-state index contributed by atoms with van der Waals surface area (Å²) >= 11 is 0. The zero-order chi connectivity index (χ0) is 16.1. The van der Waals surface area contributed by atoms with Crippen molar-refractivity contribution in [1.82, 2.24) is 4.98 Å². The smallest absolute Gasteiger partial charge is 0.419 e. The van der Waals surface area contributed by atoms with E-state index in [1.807, 2.05) is 0 Å². The number of fused-ring (bicyclic) bond motifs is 3. The summed E-state index contributed by atoms with van der Waals surface area (Å²) < 4.78 is 49.1. The van der Waals surface area contributed by atoms with Crippen molar-refractivity contribution in [3.63, 3.8) is 0 Å². The van der Waals surface area contributed by atoms with Gasteiger partial charge in [-0.05, 0) is 12.1 Å². The molecule has 0 bridgehead atoms. The van der Waals surface area contributed by atoms with E-state index in [2.05, 4.69) is 9.72 Å². The summed E-state index contributed by atoms with van der Waals surface area (Å²) in [6.45, 7) is 0. The van der Waals surface area contributed by atoms with E-state index in [9.17, 15) is 22.8 Å². The highest BCUT2D eigenvalue weighted by Gasteiger charge is 2.41. The van der Waals surface area contributed by atoms with Gasteiger partial charge in [0.25, 0.3) is 0 Å². The van der Waals surface area contributed by atoms with Crippen LogP contribution in [0.4, 0.5) is 13.2 Å². The average Bonchev–Trinajstić information content (AvgIpc) is 2.88. The summed E-state index contributed by atoms with van der Waals surface area (Å²) in [7, 11) is 0.953. The molecule has 1 aromatic carbocycles. The van der Waals surface area contributed by atoms with Crippen LogP contribution in [0, 0.1) is 0 Å². The Morgan fingerprint density at radius 1 is 1.27 bits per heavy atom. The fraction of sp³-hybridized carbons (Fsp3) is 0.143. The lowest BCUT2D eigenvalue weighted by molar-refractivity contribution is -0.136. The van der Waals surface area contributed by atoms with Crippen LogP contribution in [0.5, 0.6) is 0 Å². The Balaban J connectivity index is 2.57. The van der Waals surface area contributed by atoms with Crippen LogP contribution in [0.1, 0.15) is 16.1 Å². The molecule has 0 amide bonds. The molecular formula is C14H8F3NO4. The Bertz CT molecular complexity index is 952. The minimum Gasteiger partial charge on any atom is -0.464 e. The van der Waals surface area contributed by atoms with Crippen LogP contribution < -0.4 is 5.63 Å². The van der Waals surface area contributed by atoms with Crippen molar-refractivity contribution < 1.29 is 27.1 Å². The van der Waals surface area contributed by atoms with Crippen LogP contribution >= 0.6 is 0 Å². The van der Waals surface area contributed by atoms with E-state index >= 15 is 0 Å². The van der Waals surface area contributed by atoms with Gasteiger partial charge in [-0.25, -0.2) is 9.59 Å². The van der Waals surface area contributed by atoms with Gasteiger partial charge in [0, 0.05) is 5.39 Å². The predicted molar refractivity (Wildman–Crippen MR) is 70.7 cm³/mol. The molecule has 0 radical (unpaired) electrons. The third-order valence-corrected chi connectivity index (χ3v) is 3.24. The van der Waals surface area contributed by atoms with E-state index in [0.29, 0.717) is 0 Å². The highest BCUT2D eigenvalue weighted by atomic mass is 19.4. The van der Waals surface area contributed by atoms with Gasteiger partial charge in [-0.3, -0.25) is 0 Å². The summed E-state index contributed by atoms with van der Waals surface area (Å²) in [5, 5.41) is -0.454. The Morgan fingerprint density at radius 3 is 2.59 bits per heavy atom. The molecule has 22 heavy (non-hydrogen) atoms. The molecule has 3 rings (SSSR count). The molecule has 8 heteroatoms. The molecule has 1 N–H and O–H groups in total. The third kappa shape index (κ3) is 1.95. The van der Waals surface area contributed by atoms with Crippen LogP contribution in [-0.4, -0.2) is 18.1 Å². The third-order valence-electron chi connectivity index (χ3n) is 3.24. The highest BCUT2D eigenvalue weighted by Crippen LogP contribution is 2.38. The van der Waals surface area contributed by atoms with Crippen molar-refractivity contribution in [3.05, 3.63) is 45.9 Å². The number of hydrogen-bond donors (Lipinski definition) is 1. The van der Waals surface area contributed by atoms with Crippen molar-refractivity contribution in [2.24, 2.45) is 0 Å². The second-order valence-corrected chi connectivity index (χ2v) is 4.50. The standard InChI is InChI=1S/C14H8F3NO4/c1-21-13(20)11-9(14(15,16)17)8-10(18-11)6-4-2-3-5-7(6)22-12(8)19/h2-5,18H,1H3. The average molecular weight is 311 g/mol. The first-order chi connectivity index (χ1) is 10.3. The van der Waals surface area contributed by atoms with Crippen molar-refractivity contribution in [1.29, 1.82) is 0 Å². The fourth-order valence-electron chi connectivity index (χ4n) is 2.36. The number of carbonyl (C=O) groups is 1. The monoisotopic (exact) mass is 311 g/mol. The van der Waals surface area contributed by atoms with Gasteiger partial charge in [0.2, 0.25) is 0 Å². The van der Waals surface area contributed by atoms with E-state index < -0.39 is 34.4 Å². The number of aromatic amines is 1. The van der Waals surface area contributed by atoms with Crippen LogP contribution in [0.15, 0.2) is 33.5 Å². The molecule has 0 fully saturated rings. The Hall–Kier alpha value is -2.77. The van der Waals surface area contributed by atoms with Crippen molar-refractivity contribution in [3.8, 4) is 0 Å². The number of H-pyrrole nitrogens is 1. The first-order valence-electron chi connectivity index (χ1n) is 6.07. The van der Waals surface area contributed by atoms with Gasteiger partial charge < -0.3 is 14.1 Å². The molecule has 0 unspecified atom stereocenters. The van der Waals surface area contributed by atoms with Crippen molar-refractivity contribution >= 4 is 27.8 Å². The summed E-state index contributed by atoms with van der Waals surface area (Å²) in [4.78, 5) is 25.9. The molecule has 2 heterocycles. The van der Waals surface area contributed by atoms with E-state index in [-0.39, 0.29) is 16.5 Å². The molecule has 3 aromatic rings. The number of aromatic nitrogens is 1. The predicted octanol–water partition coefficient (Wildman–Crippen LogP) is 3.08. The summed E-state index contributed by atoms with van der Waals surface area (Å²) in [6, 6.07) is 6.08. The molecular weight excluding hydrogens is 303 g/mol. The summed E-state index contributed by atoms with van der Waals surface area (Å²) in [5.74, 6) is -1.22. The molecule has 114 valence electrons. The Labute approximate surface area is 120 Å². The fourth-order valence-corrected chi connectivity index (χ4v) is 2.36. The number of halogens is 3. The molecule has 5 nitrogen and oxygen atoms in total. The van der Waals surface area contributed by atoms with Crippen LogP contribution in [0.2, 0.25) is 0 Å². The first-order valence-corrected chi connectivity index (χ1v) is 6.07. The van der Waals surface area contributed by atoms with Gasteiger partial charge in [0.05, 0.1) is 18.0 Å². The number of methoxy groups -OCH3 is 1. The minimum atomic E-state index is -4.92. The molecule has 0 saturated heterocycles. The number of para-hydroxylation sites is 1. The van der Waals surface area contributed by atoms with Crippen molar-refractivity contribution in [2.45, 2.75) is 6.18 Å². The van der Waals surface area contributed by atoms with Crippen LogP contribution in [0.3, 0.4) is 0 Å². The maximum atomic E-state index is 13.3. The SMILES string of the molecule is COC(=O)c1[nH]c2c(c1C(F)(F)F)c(=O)oc1ccccc12. The molecule has 0 spiro atoms. The van der Waals surface area contributed by atoms with E-state index in [0.717, 1.165) is 7.11 Å². The Kier molecular flexibility index (Phi) is 2.98. The molecule has 0 aliphatic rings. The number of rotatable bonds is 1. The maximum absolute atomic E-state index is 13.3. The van der Waals surface area contributed by atoms with E-state index in [1.54, 1.807) is 12.1 Å². The molecule has 2 aromatic heterocycles. The Morgan fingerprint density at radius 2 is 1.95 bits per heavy atom. The van der Waals surface area contributed by atoms with Gasteiger partial charge in [0.1, 0.15) is 16.8 Å². The quantitative estimate of drug-likeness (QED) is 0.554. The number of nitrogens with one attached hydrogen (secondary N) is 1. The van der Waals surface area contributed by atoms with Crippen LogP contribution in [0.25, 0.3) is 21.9 Å². The zero-order valence-electron chi connectivity index (χ0n) is 11.1. The molecule has 0 aliphatic heterocycles. The normalized spacial score (nSPS) is 12.0. The highest BCUT2D eigenvalue weighted by molar-refractivity contribution is 6.07. The lowest BCUT2D eigenvalue weighted by Gasteiger charge is -2.06. The van der Waals surface area contributed by atoms with Gasteiger partial charge >= 0.3 is 17.8 Å². The molecule has 0 aliphatic carbocycles. The number of carbonyl (C=O) groups excluding carboxylic acids is 1. The number of esters is 1. The largest absolute Gasteiger partial charge is 0.464 e. The van der Waals surface area contributed by atoms with Gasteiger partial charge in [-0.1, -0.05) is 12.1 Å². The van der Waals surface area contributed by atoms with Gasteiger partial charge in [-0.15, -0.1) is 0 Å². The maximum Gasteiger partial charge on any atom is 0.419 e. The summed E-state index contributed by atoms with van der Waals surface area (Å²) in [6.07, 6.45) is -4.92. The topological polar surface area (TPSA) is 72.3 Å². The molecule has 0 saturated carbocycles. The van der Waals surface area contributed by atoms with Crippen LogP contribution in [-0.2, 0) is 10.9 Å². The zero-order valence-corrected chi connectivity index (χ0v) is 11.1. The number of benzene rings is 1. The lowest BCUT2D eigenvalue weighted by atomic mass is 10.1. The second-order valence-electron chi connectivity index (χ2n) is 4.50. The van der Waals surface area contributed by atoms with Gasteiger partial charge in [-0.2, -0.15) is 13.2 Å². The lowest BCUT2D eigenvalue weighted by Crippen LogP contribution is -2.15. The van der Waals surface area contributed by atoms with Crippen molar-refractivity contribution in [2.75, 3.05) is 7.11 Å². The van der Waals surface area contributed by atoms with Gasteiger partial charge in [0.15, 0.2) is 0 Å². The second kappa shape index (κ2) is 4.62. The van der Waals surface area contributed by atoms with E-state index in [1.165, 1.54) is 12.1 Å². The number of alkyl halides is 3. The molecule has 0 atom stereocenters. The van der Waals surface area contributed by atoms with E-state index in [4.69, 9.17) is 4.42 Å². The minimum absolute atomic E-state index is 0.112. The first kappa shape index (κ1) is 14.2.